The first-order chi connectivity index (χ1) is 9.61. The Labute approximate surface area is 128 Å². The zero-order valence-electron chi connectivity index (χ0n) is 14.2. The molecule has 122 valence electrons. The summed E-state index contributed by atoms with van der Waals surface area (Å²) >= 11 is 0. The Bertz CT molecular complexity index is 373. The van der Waals surface area contributed by atoms with Gasteiger partial charge in [0.15, 0.2) is 0 Å². The molecule has 1 aliphatic rings. The molecule has 1 saturated heterocycles. The van der Waals surface area contributed by atoms with E-state index in [1.54, 1.807) is 0 Å². The Balaban J connectivity index is 2.55. The predicted octanol–water partition coefficient (Wildman–Crippen LogP) is 3.41. The van der Waals surface area contributed by atoms with Gasteiger partial charge in [-0.2, -0.15) is 0 Å². The van der Waals surface area contributed by atoms with Crippen LogP contribution in [0, 0.1) is 23.2 Å². The predicted molar refractivity (Wildman–Crippen MR) is 84.0 cm³/mol. The molecule has 21 heavy (non-hydrogen) atoms. The van der Waals surface area contributed by atoms with Gasteiger partial charge >= 0.3 is 5.97 Å². The SMILES string of the molecule is CC(CC(=O)O)C1CCCN(C(=O)CC(C)C(C)(C)C)C1. The summed E-state index contributed by atoms with van der Waals surface area (Å²) in [5.74, 6) is 0.292. The fraction of sp³-hybridized carbons (Fsp3) is 0.882. The van der Waals surface area contributed by atoms with E-state index in [0.717, 1.165) is 25.9 Å². The molecule has 1 amide bonds. The van der Waals surface area contributed by atoms with Gasteiger partial charge in [0, 0.05) is 25.9 Å². The van der Waals surface area contributed by atoms with Gasteiger partial charge in [0.05, 0.1) is 0 Å². The summed E-state index contributed by atoms with van der Waals surface area (Å²) in [5, 5.41) is 8.92. The number of hydrogen-bond acceptors (Lipinski definition) is 2. The highest BCUT2D eigenvalue weighted by Crippen LogP contribution is 2.30. The molecule has 4 heteroatoms. The lowest BCUT2D eigenvalue weighted by Crippen LogP contribution is -2.43. The van der Waals surface area contributed by atoms with Crippen molar-refractivity contribution in [2.75, 3.05) is 13.1 Å². The van der Waals surface area contributed by atoms with Gasteiger partial charge in [-0.25, -0.2) is 0 Å². The maximum absolute atomic E-state index is 12.5. The summed E-state index contributed by atoms with van der Waals surface area (Å²) in [4.78, 5) is 25.3. The molecule has 3 atom stereocenters. The number of carbonyl (C=O) groups excluding carboxylic acids is 1. The Morgan fingerprint density at radius 1 is 1.24 bits per heavy atom. The van der Waals surface area contributed by atoms with Gasteiger partial charge in [-0.15, -0.1) is 0 Å². The van der Waals surface area contributed by atoms with Crippen molar-refractivity contribution in [2.45, 2.75) is 60.3 Å². The minimum absolute atomic E-state index is 0.137. The van der Waals surface area contributed by atoms with Crippen LogP contribution in [0.5, 0.6) is 0 Å². The van der Waals surface area contributed by atoms with Crippen LogP contribution in [0.25, 0.3) is 0 Å². The van der Waals surface area contributed by atoms with Gasteiger partial charge in [0.25, 0.3) is 0 Å². The Hall–Kier alpha value is -1.06. The minimum atomic E-state index is -0.743. The molecule has 1 N–H and O–H groups in total. The number of carbonyl (C=O) groups is 2. The van der Waals surface area contributed by atoms with E-state index in [0.29, 0.717) is 18.3 Å². The summed E-state index contributed by atoms with van der Waals surface area (Å²) in [5.41, 5.74) is 0.140. The molecule has 1 heterocycles. The lowest BCUT2D eigenvalue weighted by molar-refractivity contribution is -0.138. The zero-order chi connectivity index (χ0) is 16.2. The molecule has 0 aliphatic carbocycles. The highest BCUT2D eigenvalue weighted by molar-refractivity contribution is 5.76. The number of nitrogens with zero attached hydrogens (tertiary/aromatic N) is 1. The number of amides is 1. The molecule has 0 saturated carbocycles. The van der Waals surface area contributed by atoms with E-state index in [4.69, 9.17) is 5.11 Å². The van der Waals surface area contributed by atoms with Crippen LogP contribution in [0.2, 0.25) is 0 Å². The van der Waals surface area contributed by atoms with Crippen molar-refractivity contribution in [1.82, 2.24) is 4.90 Å². The van der Waals surface area contributed by atoms with Crippen molar-refractivity contribution in [3.63, 3.8) is 0 Å². The Morgan fingerprint density at radius 2 is 1.86 bits per heavy atom. The van der Waals surface area contributed by atoms with Crippen molar-refractivity contribution in [1.29, 1.82) is 0 Å². The quantitative estimate of drug-likeness (QED) is 0.846. The number of carboxylic acids is 1. The third kappa shape index (κ3) is 5.68. The molecule has 1 rings (SSSR count). The Morgan fingerprint density at radius 3 is 2.38 bits per heavy atom. The lowest BCUT2D eigenvalue weighted by atomic mass is 9.79. The van der Waals surface area contributed by atoms with Gasteiger partial charge in [-0.05, 0) is 36.0 Å². The summed E-state index contributed by atoms with van der Waals surface area (Å²) in [7, 11) is 0. The van der Waals surface area contributed by atoms with Crippen molar-refractivity contribution in [3.05, 3.63) is 0 Å². The summed E-state index contributed by atoms with van der Waals surface area (Å²) in [6.07, 6.45) is 2.81. The van der Waals surface area contributed by atoms with Crippen molar-refractivity contribution in [3.8, 4) is 0 Å². The molecule has 1 fully saturated rings. The molecule has 1 aliphatic heterocycles. The van der Waals surface area contributed by atoms with Crippen LogP contribution in [0.4, 0.5) is 0 Å². The van der Waals surface area contributed by atoms with Gasteiger partial charge in [-0.3, -0.25) is 9.59 Å². The minimum Gasteiger partial charge on any atom is -0.481 e. The number of rotatable bonds is 5. The van der Waals surface area contributed by atoms with Crippen LogP contribution in [0.1, 0.15) is 60.3 Å². The molecule has 0 aromatic heterocycles. The fourth-order valence-electron chi connectivity index (χ4n) is 2.84. The van der Waals surface area contributed by atoms with Gasteiger partial charge < -0.3 is 10.0 Å². The highest BCUT2D eigenvalue weighted by Gasteiger charge is 2.30. The van der Waals surface area contributed by atoms with Crippen molar-refractivity contribution in [2.24, 2.45) is 23.2 Å². The van der Waals surface area contributed by atoms with E-state index in [9.17, 15) is 9.59 Å². The molecule has 3 unspecified atom stereocenters. The topological polar surface area (TPSA) is 57.6 Å². The van der Waals surface area contributed by atoms with Crippen molar-refractivity contribution >= 4 is 11.9 Å². The fourth-order valence-corrected chi connectivity index (χ4v) is 2.84. The van der Waals surface area contributed by atoms with Crippen LogP contribution < -0.4 is 0 Å². The summed E-state index contributed by atoms with van der Waals surface area (Å²) in [6.45, 7) is 12.2. The largest absolute Gasteiger partial charge is 0.481 e. The van der Waals surface area contributed by atoms with Crippen LogP contribution >= 0.6 is 0 Å². The monoisotopic (exact) mass is 297 g/mol. The molecule has 0 aromatic rings. The van der Waals surface area contributed by atoms with E-state index in [1.807, 2.05) is 11.8 Å². The molecule has 0 aromatic carbocycles. The number of hydrogen-bond donors (Lipinski definition) is 1. The molecule has 0 radical (unpaired) electrons. The lowest BCUT2D eigenvalue weighted by Gasteiger charge is -2.37. The summed E-state index contributed by atoms with van der Waals surface area (Å²) in [6, 6.07) is 0. The first-order valence-corrected chi connectivity index (χ1v) is 8.10. The smallest absolute Gasteiger partial charge is 0.303 e. The molecule has 0 bridgehead atoms. The maximum atomic E-state index is 12.5. The molecule has 4 nitrogen and oxygen atoms in total. The number of likely N-dealkylation sites (tertiary alicyclic amines) is 1. The average Bonchev–Trinajstić information content (AvgIpc) is 2.36. The first-order valence-electron chi connectivity index (χ1n) is 8.10. The second kappa shape index (κ2) is 7.28. The second-order valence-corrected chi connectivity index (χ2v) is 7.79. The average molecular weight is 297 g/mol. The van der Waals surface area contributed by atoms with E-state index < -0.39 is 5.97 Å². The van der Waals surface area contributed by atoms with E-state index in [2.05, 4.69) is 27.7 Å². The van der Waals surface area contributed by atoms with Crippen molar-refractivity contribution < 1.29 is 14.7 Å². The van der Waals surface area contributed by atoms with Gasteiger partial charge in [0.2, 0.25) is 5.91 Å². The number of piperidine rings is 1. The van der Waals surface area contributed by atoms with Crippen LogP contribution in [0.15, 0.2) is 0 Å². The highest BCUT2D eigenvalue weighted by atomic mass is 16.4. The van der Waals surface area contributed by atoms with Crippen LogP contribution in [-0.4, -0.2) is 35.0 Å². The van der Waals surface area contributed by atoms with E-state index in [-0.39, 0.29) is 23.7 Å². The molecular weight excluding hydrogens is 266 g/mol. The van der Waals surface area contributed by atoms with Crippen LogP contribution in [0.3, 0.4) is 0 Å². The van der Waals surface area contributed by atoms with Crippen LogP contribution in [-0.2, 0) is 9.59 Å². The normalized spacial score (nSPS) is 22.7. The third-order valence-corrected chi connectivity index (χ3v) is 5.07. The van der Waals surface area contributed by atoms with Gasteiger partial charge in [0.1, 0.15) is 0 Å². The number of aliphatic carboxylic acids is 1. The standard InChI is InChI=1S/C17H31NO3/c1-12(9-16(20)21)14-7-6-8-18(11-14)15(19)10-13(2)17(3,4)5/h12-14H,6-11H2,1-5H3,(H,20,21). The zero-order valence-corrected chi connectivity index (χ0v) is 14.2. The van der Waals surface area contributed by atoms with Gasteiger partial charge in [-0.1, -0.05) is 34.6 Å². The third-order valence-electron chi connectivity index (χ3n) is 5.07. The molecular formula is C17H31NO3. The summed E-state index contributed by atoms with van der Waals surface area (Å²) < 4.78 is 0. The first kappa shape index (κ1) is 18.0. The van der Waals surface area contributed by atoms with E-state index >= 15 is 0 Å². The Kier molecular flexibility index (Phi) is 6.24. The second-order valence-electron chi connectivity index (χ2n) is 7.79. The number of carboxylic acid groups (broad SMARTS) is 1. The maximum Gasteiger partial charge on any atom is 0.303 e. The van der Waals surface area contributed by atoms with E-state index in [1.165, 1.54) is 0 Å². The molecule has 0 spiro atoms.